The molecule has 3 fully saturated rings. The Balaban J connectivity index is 1.53. The molecule has 1 aromatic heterocycles. The third kappa shape index (κ3) is 1.84. The van der Waals surface area contributed by atoms with Crippen molar-refractivity contribution in [3.8, 4) is 0 Å². The fraction of sp³-hybridized carbons (Fsp3) is 0.438. The summed E-state index contributed by atoms with van der Waals surface area (Å²) in [5.74, 6) is 1.08. The van der Waals surface area contributed by atoms with Crippen LogP contribution in [0.3, 0.4) is 0 Å². The number of nitrogens with one attached hydrogen (secondary N) is 1. The molecule has 2 aromatic rings. The average molecular weight is 317 g/mol. The Morgan fingerprint density at radius 2 is 2.18 bits per heavy atom. The Hall–Kier alpha value is -1.50. The van der Waals surface area contributed by atoms with Gasteiger partial charge in [-0.3, -0.25) is 4.90 Å². The lowest BCUT2D eigenvalue weighted by atomic mass is 9.81. The van der Waals surface area contributed by atoms with Crippen LogP contribution >= 0.6 is 11.3 Å². The van der Waals surface area contributed by atoms with Crippen molar-refractivity contribution in [2.75, 3.05) is 19.6 Å². The number of aliphatic imine (C=N–C) groups is 1. The number of hydroxylamine groups is 1. The lowest BCUT2D eigenvalue weighted by Crippen LogP contribution is -2.58. The molecule has 4 nitrogen and oxygen atoms in total. The molecule has 5 heterocycles. The summed E-state index contributed by atoms with van der Waals surface area (Å²) in [5.41, 5.74) is 2.61. The number of hydrogen-bond acceptors (Lipinski definition) is 5. The fourth-order valence-electron chi connectivity index (χ4n) is 3.83. The van der Waals surface area contributed by atoms with Crippen LogP contribution in [0.25, 0.3) is 10.1 Å². The van der Waals surface area contributed by atoms with E-state index >= 15 is 0 Å². The van der Waals surface area contributed by atoms with E-state index < -0.39 is 5.72 Å². The van der Waals surface area contributed by atoms with Crippen molar-refractivity contribution >= 4 is 27.3 Å². The Bertz CT molecular complexity index is 781. The number of nitrogens with zero attached hydrogens (tertiary/aromatic N) is 2. The first-order chi connectivity index (χ1) is 10.7. The van der Waals surface area contributed by atoms with Gasteiger partial charge in [-0.05, 0) is 49.5 Å². The van der Waals surface area contributed by atoms with Crippen LogP contribution < -0.4 is 5.48 Å². The van der Waals surface area contributed by atoms with Crippen molar-refractivity contribution in [2.24, 2.45) is 10.9 Å². The Kier molecular flexibility index (Phi) is 2.66. The van der Waals surface area contributed by atoms with Gasteiger partial charge in [-0.1, -0.05) is 6.07 Å². The standard InChI is InChI=1S/C16H16FN3OS/c17-12-2-1-10-7-14(22-13(10)8-12)15-18-16(21-19-15)9-20-5-3-11(16)4-6-20/h1-2,7-8,11H,3-6,9H2,(H,18,19)/t16-/m1/s1. The van der Waals surface area contributed by atoms with Crippen molar-refractivity contribution in [1.29, 1.82) is 0 Å². The molecule has 0 radical (unpaired) electrons. The molecule has 0 unspecified atom stereocenters. The molecule has 1 atom stereocenters. The van der Waals surface area contributed by atoms with Gasteiger partial charge in [0.15, 0.2) is 5.84 Å². The predicted molar refractivity (Wildman–Crippen MR) is 84.4 cm³/mol. The molecular formula is C16H16FN3OS. The van der Waals surface area contributed by atoms with Gasteiger partial charge < -0.3 is 0 Å². The SMILES string of the molecule is Fc1ccc2cc(C3=N[C@]4(CN5CCC4CC5)ON3)sc2c1. The second-order valence-electron chi connectivity index (χ2n) is 6.35. The van der Waals surface area contributed by atoms with E-state index in [0.717, 1.165) is 53.3 Å². The van der Waals surface area contributed by atoms with Crippen molar-refractivity contribution in [3.05, 3.63) is 35.0 Å². The van der Waals surface area contributed by atoms with Gasteiger partial charge in [0.1, 0.15) is 5.82 Å². The summed E-state index contributed by atoms with van der Waals surface area (Å²) in [6.45, 7) is 3.18. The average Bonchev–Trinajstić information content (AvgIpc) is 3.12. The molecular weight excluding hydrogens is 301 g/mol. The molecule has 1 N–H and O–H groups in total. The van der Waals surface area contributed by atoms with Gasteiger partial charge in [-0.2, -0.15) is 0 Å². The van der Waals surface area contributed by atoms with Crippen LogP contribution in [0.15, 0.2) is 29.3 Å². The van der Waals surface area contributed by atoms with Gasteiger partial charge in [0, 0.05) is 10.6 Å². The smallest absolute Gasteiger partial charge is 0.202 e. The molecule has 4 aliphatic heterocycles. The summed E-state index contributed by atoms with van der Waals surface area (Å²) in [6.07, 6.45) is 2.30. The fourth-order valence-corrected chi connectivity index (χ4v) is 4.86. The minimum atomic E-state index is -0.423. The lowest BCUT2D eigenvalue weighted by Gasteiger charge is -2.47. The minimum Gasteiger partial charge on any atom is -0.298 e. The first-order valence-corrected chi connectivity index (χ1v) is 8.49. The first kappa shape index (κ1) is 13.0. The minimum absolute atomic E-state index is 0.202. The molecule has 6 rings (SSSR count). The molecule has 1 aromatic carbocycles. The molecule has 3 saturated heterocycles. The third-order valence-corrected chi connectivity index (χ3v) is 6.12. The van der Waals surface area contributed by atoms with E-state index in [2.05, 4.69) is 16.4 Å². The highest BCUT2D eigenvalue weighted by Gasteiger charge is 2.51. The van der Waals surface area contributed by atoms with Gasteiger partial charge >= 0.3 is 0 Å². The van der Waals surface area contributed by atoms with Crippen LogP contribution in [-0.4, -0.2) is 36.1 Å². The maximum atomic E-state index is 13.3. The topological polar surface area (TPSA) is 36.9 Å². The van der Waals surface area contributed by atoms with Crippen LogP contribution in [0.2, 0.25) is 0 Å². The van der Waals surface area contributed by atoms with E-state index in [1.807, 2.05) is 6.07 Å². The molecule has 6 heteroatoms. The van der Waals surface area contributed by atoms with Crippen molar-refractivity contribution < 1.29 is 9.23 Å². The van der Waals surface area contributed by atoms with Gasteiger partial charge in [-0.15, -0.1) is 11.3 Å². The monoisotopic (exact) mass is 317 g/mol. The molecule has 22 heavy (non-hydrogen) atoms. The second kappa shape index (κ2) is 4.50. The number of thiophene rings is 1. The Morgan fingerprint density at radius 1 is 1.32 bits per heavy atom. The van der Waals surface area contributed by atoms with Gasteiger partial charge in [-0.25, -0.2) is 19.7 Å². The maximum Gasteiger partial charge on any atom is 0.202 e. The highest BCUT2D eigenvalue weighted by molar-refractivity contribution is 7.20. The Labute approximate surface area is 131 Å². The number of piperidine rings is 3. The highest BCUT2D eigenvalue weighted by atomic mass is 32.1. The summed E-state index contributed by atoms with van der Waals surface area (Å²) < 4.78 is 14.3. The number of hydrogen-bond donors (Lipinski definition) is 1. The molecule has 2 bridgehead atoms. The van der Waals surface area contributed by atoms with Crippen molar-refractivity contribution in [2.45, 2.75) is 18.6 Å². The second-order valence-corrected chi connectivity index (χ2v) is 7.44. The molecule has 1 spiro atoms. The van der Waals surface area contributed by atoms with Gasteiger partial charge in [0.2, 0.25) is 5.72 Å². The Morgan fingerprint density at radius 3 is 2.95 bits per heavy atom. The van der Waals surface area contributed by atoms with Crippen LogP contribution in [-0.2, 0) is 4.84 Å². The largest absolute Gasteiger partial charge is 0.298 e. The summed E-state index contributed by atoms with van der Waals surface area (Å²) in [7, 11) is 0. The quantitative estimate of drug-likeness (QED) is 0.879. The van der Waals surface area contributed by atoms with Crippen LogP contribution in [0.4, 0.5) is 4.39 Å². The van der Waals surface area contributed by atoms with E-state index in [9.17, 15) is 4.39 Å². The zero-order valence-electron chi connectivity index (χ0n) is 12.0. The van der Waals surface area contributed by atoms with E-state index in [1.54, 1.807) is 17.4 Å². The summed E-state index contributed by atoms with van der Waals surface area (Å²) in [6, 6.07) is 6.93. The van der Waals surface area contributed by atoms with Crippen LogP contribution in [0.5, 0.6) is 0 Å². The van der Waals surface area contributed by atoms with Crippen LogP contribution in [0, 0.1) is 11.7 Å². The van der Waals surface area contributed by atoms with E-state index in [1.165, 1.54) is 6.07 Å². The van der Waals surface area contributed by atoms with Gasteiger partial charge in [0.25, 0.3) is 0 Å². The lowest BCUT2D eigenvalue weighted by molar-refractivity contribution is -0.155. The predicted octanol–water partition coefficient (Wildman–Crippen LogP) is 2.74. The molecule has 0 amide bonds. The number of benzene rings is 1. The number of fused-ring (bicyclic) bond motifs is 3. The number of halogens is 1. The number of rotatable bonds is 1. The normalized spacial score (nSPS) is 33.4. The summed E-state index contributed by atoms with van der Waals surface area (Å²) in [4.78, 5) is 14.3. The van der Waals surface area contributed by atoms with Crippen LogP contribution in [0.1, 0.15) is 17.7 Å². The zero-order chi connectivity index (χ0) is 14.7. The summed E-state index contributed by atoms with van der Waals surface area (Å²) >= 11 is 1.55. The van der Waals surface area contributed by atoms with E-state index in [0.29, 0.717) is 5.92 Å². The molecule has 0 saturated carbocycles. The van der Waals surface area contributed by atoms with E-state index in [4.69, 9.17) is 9.83 Å². The third-order valence-electron chi connectivity index (χ3n) is 5.02. The van der Waals surface area contributed by atoms with E-state index in [-0.39, 0.29) is 5.82 Å². The maximum absolute atomic E-state index is 13.3. The first-order valence-electron chi connectivity index (χ1n) is 7.68. The van der Waals surface area contributed by atoms with Crippen molar-refractivity contribution in [3.63, 3.8) is 0 Å². The van der Waals surface area contributed by atoms with Gasteiger partial charge in [0.05, 0.1) is 11.4 Å². The highest BCUT2D eigenvalue weighted by Crippen LogP contribution is 2.41. The molecule has 0 aliphatic carbocycles. The zero-order valence-corrected chi connectivity index (χ0v) is 12.8. The van der Waals surface area contributed by atoms with Crippen molar-refractivity contribution in [1.82, 2.24) is 10.4 Å². The molecule has 4 aliphatic rings. The number of amidine groups is 1. The molecule has 114 valence electrons. The summed E-state index contributed by atoms with van der Waals surface area (Å²) in [5, 5.41) is 1.04.